The first-order chi connectivity index (χ1) is 8.46. The summed E-state index contributed by atoms with van der Waals surface area (Å²) in [6.07, 6.45) is 3.65. The average Bonchev–Trinajstić information content (AvgIpc) is 3.21. The Morgan fingerprint density at radius 1 is 1.44 bits per heavy atom. The Kier molecular flexibility index (Phi) is 3.59. The van der Waals surface area contributed by atoms with Crippen molar-refractivity contribution in [1.29, 1.82) is 0 Å². The van der Waals surface area contributed by atoms with E-state index in [-0.39, 0.29) is 10.9 Å². The zero-order valence-corrected chi connectivity index (χ0v) is 11.7. The Morgan fingerprint density at radius 2 is 2.11 bits per heavy atom. The van der Waals surface area contributed by atoms with Crippen molar-refractivity contribution in [2.45, 2.75) is 30.7 Å². The number of hydrogen-bond acceptors (Lipinski definition) is 4. The second-order valence-electron chi connectivity index (χ2n) is 4.73. The number of nitrogens with one attached hydrogen (secondary N) is 1. The van der Waals surface area contributed by atoms with Crippen molar-refractivity contribution in [3.63, 3.8) is 0 Å². The van der Waals surface area contributed by atoms with Gasteiger partial charge in [-0.1, -0.05) is 0 Å². The maximum absolute atomic E-state index is 12.4. The third kappa shape index (κ3) is 2.49. The molecule has 0 aliphatic heterocycles. The summed E-state index contributed by atoms with van der Waals surface area (Å²) < 4.78 is 26.2. The summed E-state index contributed by atoms with van der Waals surface area (Å²) in [5.41, 5.74) is 0. The molecule has 1 aliphatic rings. The highest BCUT2D eigenvalue weighted by atomic mass is 32.2. The molecular weight excluding hydrogens is 250 g/mol. The Hall–Kier alpha value is -1.14. The van der Waals surface area contributed by atoms with Gasteiger partial charge in [0.15, 0.2) is 0 Å². The van der Waals surface area contributed by atoms with Gasteiger partial charge in [-0.15, -0.1) is 0 Å². The fourth-order valence-electron chi connectivity index (χ4n) is 1.94. The highest BCUT2D eigenvalue weighted by Crippen LogP contribution is 2.36. The molecule has 0 amide bonds. The van der Waals surface area contributed by atoms with E-state index in [4.69, 9.17) is 0 Å². The van der Waals surface area contributed by atoms with Gasteiger partial charge >= 0.3 is 0 Å². The van der Waals surface area contributed by atoms with Crippen molar-refractivity contribution in [2.24, 2.45) is 5.92 Å². The van der Waals surface area contributed by atoms with E-state index in [9.17, 15) is 8.42 Å². The van der Waals surface area contributed by atoms with Crippen LogP contribution < -0.4 is 5.32 Å². The number of rotatable bonds is 5. The summed E-state index contributed by atoms with van der Waals surface area (Å²) in [6.45, 7) is 1.96. The van der Waals surface area contributed by atoms with E-state index in [1.165, 1.54) is 10.5 Å². The average molecular weight is 269 g/mol. The van der Waals surface area contributed by atoms with Gasteiger partial charge in [0.1, 0.15) is 10.7 Å². The van der Waals surface area contributed by atoms with Crippen LogP contribution in [0.4, 0.5) is 5.82 Å². The lowest BCUT2D eigenvalue weighted by Gasteiger charge is -2.24. The number of hydrogen-bond donors (Lipinski definition) is 1. The van der Waals surface area contributed by atoms with Gasteiger partial charge in [-0.2, -0.15) is 4.31 Å². The van der Waals surface area contributed by atoms with Crippen LogP contribution >= 0.6 is 0 Å². The Morgan fingerprint density at radius 3 is 2.56 bits per heavy atom. The molecule has 0 spiro atoms. The Labute approximate surface area is 108 Å². The van der Waals surface area contributed by atoms with Gasteiger partial charge in [0, 0.05) is 26.3 Å². The predicted octanol–water partition coefficient (Wildman–Crippen LogP) is 1.54. The standard InChI is InChI=1S/C12H19N3O2S/c1-9(10-4-5-10)15(3)18(16,17)11-6-7-12(13-2)14-8-11/h6-10H,4-5H2,1-3H3,(H,13,14). The summed E-state index contributed by atoms with van der Waals surface area (Å²) in [5.74, 6) is 1.17. The molecule has 1 fully saturated rings. The van der Waals surface area contributed by atoms with Crippen LogP contribution in [0.25, 0.3) is 0 Å². The molecule has 1 unspecified atom stereocenters. The van der Waals surface area contributed by atoms with Gasteiger partial charge in [-0.25, -0.2) is 13.4 Å². The van der Waals surface area contributed by atoms with Crippen LogP contribution in [0.3, 0.4) is 0 Å². The van der Waals surface area contributed by atoms with Crippen LogP contribution in [0.5, 0.6) is 0 Å². The minimum atomic E-state index is -3.43. The van der Waals surface area contributed by atoms with Gasteiger partial charge < -0.3 is 5.32 Å². The van der Waals surface area contributed by atoms with Crippen LogP contribution in [0.1, 0.15) is 19.8 Å². The molecule has 0 bridgehead atoms. The number of anilines is 1. The number of nitrogens with zero attached hydrogens (tertiary/aromatic N) is 2. The van der Waals surface area contributed by atoms with Gasteiger partial charge in [-0.05, 0) is 37.8 Å². The highest BCUT2D eigenvalue weighted by molar-refractivity contribution is 7.89. The fraction of sp³-hybridized carbons (Fsp3) is 0.583. The van der Waals surface area contributed by atoms with E-state index in [1.807, 2.05) is 6.92 Å². The van der Waals surface area contributed by atoms with Crippen LogP contribution in [-0.4, -0.2) is 37.8 Å². The van der Waals surface area contributed by atoms with Crippen molar-refractivity contribution in [3.05, 3.63) is 18.3 Å². The first-order valence-electron chi connectivity index (χ1n) is 6.08. The zero-order valence-electron chi connectivity index (χ0n) is 10.9. The summed E-state index contributed by atoms with van der Waals surface area (Å²) in [7, 11) is -0.0342. The third-order valence-electron chi connectivity index (χ3n) is 3.55. The summed E-state index contributed by atoms with van der Waals surface area (Å²) in [5, 5.41) is 2.87. The van der Waals surface area contributed by atoms with E-state index >= 15 is 0 Å². The van der Waals surface area contributed by atoms with E-state index in [1.54, 1.807) is 26.2 Å². The molecule has 2 rings (SSSR count). The van der Waals surface area contributed by atoms with Gasteiger partial charge in [0.25, 0.3) is 0 Å². The third-order valence-corrected chi connectivity index (χ3v) is 5.48. The van der Waals surface area contributed by atoms with Crippen LogP contribution in [-0.2, 0) is 10.0 Å². The second-order valence-corrected chi connectivity index (χ2v) is 6.73. The van der Waals surface area contributed by atoms with Gasteiger partial charge in [0.05, 0.1) is 0 Å². The summed E-state index contributed by atoms with van der Waals surface area (Å²) in [6, 6.07) is 3.31. The van der Waals surface area contributed by atoms with Crippen LogP contribution in [0.2, 0.25) is 0 Å². The Balaban J connectivity index is 2.23. The van der Waals surface area contributed by atoms with E-state index in [2.05, 4.69) is 10.3 Å². The molecule has 1 saturated carbocycles. The molecule has 1 aliphatic carbocycles. The maximum atomic E-state index is 12.4. The van der Waals surface area contributed by atoms with Gasteiger partial charge in [-0.3, -0.25) is 0 Å². The van der Waals surface area contributed by atoms with Crippen LogP contribution in [0.15, 0.2) is 23.2 Å². The number of sulfonamides is 1. The lowest BCUT2D eigenvalue weighted by molar-refractivity contribution is 0.357. The highest BCUT2D eigenvalue weighted by Gasteiger charge is 2.36. The van der Waals surface area contributed by atoms with Crippen molar-refractivity contribution < 1.29 is 8.42 Å². The molecule has 1 N–H and O–H groups in total. The van der Waals surface area contributed by atoms with Gasteiger partial charge in [0.2, 0.25) is 10.0 Å². The molecule has 6 heteroatoms. The molecule has 18 heavy (non-hydrogen) atoms. The predicted molar refractivity (Wildman–Crippen MR) is 70.9 cm³/mol. The molecule has 0 aromatic carbocycles. The molecule has 1 aromatic rings. The molecule has 5 nitrogen and oxygen atoms in total. The molecule has 1 heterocycles. The smallest absolute Gasteiger partial charge is 0.244 e. The quantitative estimate of drug-likeness (QED) is 0.881. The number of aromatic nitrogens is 1. The first-order valence-corrected chi connectivity index (χ1v) is 7.52. The lowest BCUT2D eigenvalue weighted by atomic mass is 10.2. The van der Waals surface area contributed by atoms with Crippen molar-refractivity contribution in [1.82, 2.24) is 9.29 Å². The lowest BCUT2D eigenvalue weighted by Crippen LogP contribution is -2.36. The topological polar surface area (TPSA) is 62.3 Å². The largest absolute Gasteiger partial charge is 0.373 e. The molecule has 1 atom stereocenters. The molecular formula is C12H19N3O2S. The van der Waals surface area contributed by atoms with Crippen molar-refractivity contribution >= 4 is 15.8 Å². The SMILES string of the molecule is CNc1ccc(S(=O)(=O)N(C)C(C)C2CC2)cn1. The van der Waals surface area contributed by atoms with Crippen molar-refractivity contribution in [3.8, 4) is 0 Å². The maximum Gasteiger partial charge on any atom is 0.244 e. The van der Waals surface area contributed by atoms with E-state index in [0.717, 1.165) is 12.8 Å². The fourth-order valence-corrected chi connectivity index (χ4v) is 3.31. The van der Waals surface area contributed by atoms with Crippen LogP contribution in [0, 0.1) is 5.92 Å². The number of pyridine rings is 1. The van der Waals surface area contributed by atoms with E-state index in [0.29, 0.717) is 11.7 Å². The van der Waals surface area contributed by atoms with E-state index < -0.39 is 10.0 Å². The minimum absolute atomic E-state index is 0.0546. The molecule has 100 valence electrons. The van der Waals surface area contributed by atoms with Crippen molar-refractivity contribution in [2.75, 3.05) is 19.4 Å². The first kappa shape index (κ1) is 13.3. The monoisotopic (exact) mass is 269 g/mol. The normalized spacial score (nSPS) is 17.8. The summed E-state index contributed by atoms with van der Waals surface area (Å²) >= 11 is 0. The zero-order chi connectivity index (χ0) is 13.3. The molecule has 0 radical (unpaired) electrons. The minimum Gasteiger partial charge on any atom is -0.373 e. The molecule has 0 saturated heterocycles. The summed E-state index contributed by atoms with van der Waals surface area (Å²) in [4.78, 5) is 4.30. The molecule has 1 aromatic heterocycles. The Bertz CT molecular complexity index is 509. The second kappa shape index (κ2) is 4.85.